The van der Waals surface area contributed by atoms with Crippen molar-refractivity contribution >= 4 is 11.9 Å². The number of ether oxygens (including phenoxy) is 2. The van der Waals surface area contributed by atoms with E-state index in [1.165, 1.54) is 0 Å². The van der Waals surface area contributed by atoms with Crippen molar-refractivity contribution in [3.05, 3.63) is 35.4 Å². The Labute approximate surface area is 130 Å². The normalized spacial score (nSPS) is 12.0. The third-order valence-corrected chi connectivity index (χ3v) is 2.54. The molecule has 1 amide bonds. The van der Waals surface area contributed by atoms with Crippen LogP contribution in [0, 0.1) is 0 Å². The lowest BCUT2D eigenvalue weighted by molar-refractivity contribution is 0.0494. The Morgan fingerprint density at radius 3 is 2.50 bits per heavy atom. The van der Waals surface area contributed by atoms with Crippen LogP contribution in [0.5, 0.6) is 0 Å². The van der Waals surface area contributed by atoms with Gasteiger partial charge in [0.05, 0.1) is 13.2 Å². The second-order valence-electron chi connectivity index (χ2n) is 5.66. The largest absolute Gasteiger partial charge is 0.444 e. The minimum Gasteiger partial charge on any atom is -0.444 e. The van der Waals surface area contributed by atoms with Gasteiger partial charge in [0.2, 0.25) is 0 Å². The highest BCUT2D eigenvalue weighted by Crippen LogP contribution is 2.07. The van der Waals surface area contributed by atoms with Crippen LogP contribution in [-0.4, -0.2) is 35.9 Å². The van der Waals surface area contributed by atoms with Gasteiger partial charge in [-0.3, -0.25) is 0 Å². The van der Waals surface area contributed by atoms with Crippen LogP contribution >= 0.6 is 0 Å². The van der Waals surface area contributed by atoms with E-state index in [0.717, 1.165) is 5.56 Å². The molecule has 7 nitrogen and oxygen atoms in total. The molecule has 0 spiro atoms. The van der Waals surface area contributed by atoms with Gasteiger partial charge in [0.25, 0.3) is 0 Å². The molecule has 0 radical (unpaired) electrons. The van der Waals surface area contributed by atoms with Crippen LogP contribution in [0.3, 0.4) is 0 Å². The molecule has 0 fully saturated rings. The van der Waals surface area contributed by atoms with Crippen molar-refractivity contribution in [2.75, 3.05) is 13.2 Å². The highest BCUT2D eigenvalue weighted by Gasteiger charge is 2.15. The van der Waals surface area contributed by atoms with Crippen LogP contribution in [0.4, 0.5) is 4.79 Å². The van der Waals surface area contributed by atoms with Gasteiger partial charge in [0, 0.05) is 12.1 Å². The van der Waals surface area contributed by atoms with Gasteiger partial charge in [-0.1, -0.05) is 29.4 Å². The maximum absolute atomic E-state index is 11.4. The molecule has 0 aromatic heterocycles. The molecule has 22 heavy (non-hydrogen) atoms. The van der Waals surface area contributed by atoms with Crippen LogP contribution < -0.4 is 11.1 Å². The van der Waals surface area contributed by atoms with Gasteiger partial charge in [-0.05, 0) is 26.3 Å². The number of hydrogen-bond donors (Lipinski definition) is 3. The first-order valence-corrected chi connectivity index (χ1v) is 6.93. The number of amides is 1. The van der Waals surface area contributed by atoms with E-state index in [-0.39, 0.29) is 5.84 Å². The molecule has 122 valence electrons. The maximum Gasteiger partial charge on any atom is 0.407 e. The van der Waals surface area contributed by atoms with Gasteiger partial charge in [-0.15, -0.1) is 0 Å². The van der Waals surface area contributed by atoms with E-state index in [1.54, 1.807) is 32.9 Å². The minimum atomic E-state index is -0.508. The van der Waals surface area contributed by atoms with E-state index in [1.807, 2.05) is 12.1 Å². The molecule has 0 atom stereocenters. The van der Waals surface area contributed by atoms with E-state index in [0.29, 0.717) is 25.3 Å². The third-order valence-electron chi connectivity index (χ3n) is 2.54. The van der Waals surface area contributed by atoms with Crippen LogP contribution in [0.25, 0.3) is 0 Å². The first-order valence-electron chi connectivity index (χ1n) is 6.93. The second-order valence-corrected chi connectivity index (χ2v) is 5.66. The van der Waals surface area contributed by atoms with Crippen LogP contribution in [-0.2, 0) is 16.1 Å². The Balaban J connectivity index is 2.24. The summed E-state index contributed by atoms with van der Waals surface area (Å²) >= 11 is 0. The predicted molar refractivity (Wildman–Crippen MR) is 82.8 cm³/mol. The summed E-state index contributed by atoms with van der Waals surface area (Å²) in [5, 5.41) is 14.1. The Morgan fingerprint density at radius 1 is 1.32 bits per heavy atom. The number of oxime groups is 1. The molecular weight excluding hydrogens is 286 g/mol. The van der Waals surface area contributed by atoms with Crippen LogP contribution in [0.2, 0.25) is 0 Å². The fraction of sp³-hybridized carbons (Fsp3) is 0.467. The van der Waals surface area contributed by atoms with Crippen molar-refractivity contribution in [1.82, 2.24) is 5.32 Å². The maximum atomic E-state index is 11.4. The highest BCUT2D eigenvalue weighted by atomic mass is 16.6. The van der Waals surface area contributed by atoms with Crippen molar-refractivity contribution in [2.24, 2.45) is 10.9 Å². The molecule has 1 rings (SSSR count). The lowest BCUT2D eigenvalue weighted by Gasteiger charge is -2.19. The first-order chi connectivity index (χ1) is 10.3. The smallest absolute Gasteiger partial charge is 0.407 e. The average molecular weight is 309 g/mol. The van der Waals surface area contributed by atoms with E-state index in [4.69, 9.17) is 20.4 Å². The number of rotatable bonds is 6. The third kappa shape index (κ3) is 6.94. The number of alkyl carbamates (subject to hydrolysis) is 1. The molecule has 0 heterocycles. The Kier molecular flexibility index (Phi) is 6.65. The topological polar surface area (TPSA) is 106 Å². The number of benzene rings is 1. The number of carbonyl (C=O) groups is 1. The van der Waals surface area contributed by atoms with E-state index in [2.05, 4.69) is 10.5 Å². The SMILES string of the molecule is CC(C)(C)OC(=O)NCCOCc1ccc(/C(N)=N\O)cc1. The molecular formula is C15H23N3O4. The number of nitrogens with one attached hydrogen (secondary N) is 1. The zero-order chi connectivity index (χ0) is 16.6. The monoisotopic (exact) mass is 309 g/mol. The van der Waals surface area contributed by atoms with Crippen LogP contribution in [0.1, 0.15) is 31.9 Å². The molecule has 0 aliphatic carbocycles. The van der Waals surface area contributed by atoms with Gasteiger partial charge >= 0.3 is 6.09 Å². The lowest BCUT2D eigenvalue weighted by Crippen LogP contribution is -2.34. The first kappa shape index (κ1) is 17.8. The number of amidine groups is 1. The van der Waals surface area contributed by atoms with Crippen LogP contribution in [0.15, 0.2) is 29.4 Å². The molecule has 1 aromatic rings. The summed E-state index contributed by atoms with van der Waals surface area (Å²) in [5.41, 5.74) is 6.55. The molecule has 0 aliphatic heterocycles. The fourth-order valence-corrected chi connectivity index (χ4v) is 1.56. The number of hydrogen-bond acceptors (Lipinski definition) is 5. The summed E-state index contributed by atoms with van der Waals surface area (Å²) in [5.74, 6) is 0.0639. The highest BCUT2D eigenvalue weighted by molar-refractivity contribution is 5.96. The summed E-state index contributed by atoms with van der Waals surface area (Å²) in [6.45, 7) is 6.58. The van der Waals surface area contributed by atoms with Crippen molar-refractivity contribution in [1.29, 1.82) is 0 Å². The van der Waals surface area contributed by atoms with Crippen molar-refractivity contribution in [3.63, 3.8) is 0 Å². The molecule has 0 unspecified atom stereocenters. The number of nitrogens with two attached hydrogens (primary N) is 1. The quantitative estimate of drug-likeness (QED) is 0.244. The average Bonchev–Trinajstić information content (AvgIpc) is 2.45. The Morgan fingerprint density at radius 2 is 1.95 bits per heavy atom. The molecule has 0 saturated heterocycles. The van der Waals surface area contributed by atoms with Gasteiger partial charge in [0.1, 0.15) is 5.60 Å². The Bertz CT molecular complexity index is 507. The van der Waals surface area contributed by atoms with Crippen molar-refractivity contribution in [2.45, 2.75) is 33.0 Å². The summed E-state index contributed by atoms with van der Waals surface area (Å²) in [7, 11) is 0. The second kappa shape index (κ2) is 8.23. The summed E-state index contributed by atoms with van der Waals surface area (Å²) in [6.07, 6.45) is -0.459. The van der Waals surface area contributed by atoms with E-state index >= 15 is 0 Å². The lowest BCUT2D eigenvalue weighted by atomic mass is 10.1. The standard InChI is InChI=1S/C15H23N3O4/c1-15(2,3)22-14(19)17-8-9-21-10-11-4-6-12(7-5-11)13(16)18-20/h4-7,20H,8-10H2,1-3H3,(H2,16,18)(H,17,19). The minimum absolute atomic E-state index is 0.0639. The summed E-state index contributed by atoms with van der Waals surface area (Å²) < 4.78 is 10.5. The number of carbonyl (C=O) groups excluding carboxylic acids is 1. The van der Waals surface area contributed by atoms with E-state index in [9.17, 15) is 4.79 Å². The predicted octanol–water partition coefficient (Wildman–Crippen LogP) is 1.82. The van der Waals surface area contributed by atoms with Gasteiger partial charge in [-0.25, -0.2) is 4.79 Å². The Hall–Kier alpha value is -2.28. The summed E-state index contributed by atoms with van der Waals surface area (Å²) in [4.78, 5) is 11.4. The molecule has 0 saturated carbocycles. The molecule has 1 aromatic carbocycles. The van der Waals surface area contributed by atoms with Gasteiger partial charge in [0.15, 0.2) is 5.84 Å². The summed E-state index contributed by atoms with van der Waals surface area (Å²) in [6, 6.07) is 7.14. The fourth-order valence-electron chi connectivity index (χ4n) is 1.56. The zero-order valence-electron chi connectivity index (χ0n) is 13.1. The zero-order valence-corrected chi connectivity index (χ0v) is 13.1. The number of nitrogens with zero attached hydrogens (tertiary/aromatic N) is 1. The molecule has 0 bridgehead atoms. The van der Waals surface area contributed by atoms with E-state index < -0.39 is 11.7 Å². The molecule has 0 aliphatic rings. The van der Waals surface area contributed by atoms with Crippen molar-refractivity contribution < 1.29 is 19.5 Å². The van der Waals surface area contributed by atoms with Gasteiger partial charge in [-0.2, -0.15) is 0 Å². The van der Waals surface area contributed by atoms with Gasteiger partial charge < -0.3 is 25.7 Å². The molecule has 7 heteroatoms. The van der Waals surface area contributed by atoms with Crippen molar-refractivity contribution in [3.8, 4) is 0 Å². The molecule has 4 N–H and O–H groups in total.